The number of hydrogen-bond acceptors (Lipinski definition) is 4. The van der Waals surface area contributed by atoms with Gasteiger partial charge in [0, 0.05) is 49.9 Å². The van der Waals surface area contributed by atoms with Gasteiger partial charge in [-0.15, -0.1) is 0 Å². The lowest BCUT2D eigenvalue weighted by Gasteiger charge is -2.46. The van der Waals surface area contributed by atoms with Crippen molar-refractivity contribution in [1.82, 2.24) is 8.97 Å². The minimum absolute atomic E-state index is 0.807. The van der Waals surface area contributed by atoms with Gasteiger partial charge in [-0.1, -0.05) is 0 Å². The molecule has 0 N–H and O–H groups in total. The highest BCUT2D eigenvalue weighted by Gasteiger charge is 2.41. The van der Waals surface area contributed by atoms with E-state index in [0.717, 1.165) is 70.0 Å². The van der Waals surface area contributed by atoms with Crippen LogP contribution in [0.3, 0.4) is 0 Å². The summed E-state index contributed by atoms with van der Waals surface area (Å²) in [4.78, 5) is 0. The molecule has 2 aliphatic rings. The van der Waals surface area contributed by atoms with Crippen molar-refractivity contribution in [3.05, 3.63) is 36.4 Å². The van der Waals surface area contributed by atoms with Crippen molar-refractivity contribution in [1.29, 1.82) is 0 Å². The van der Waals surface area contributed by atoms with Crippen molar-refractivity contribution in [3.8, 4) is 23.0 Å². The molecule has 6 heteroatoms. The Hall–Kier alpha value is -2.44. The van der Waals surface area contributed by atoms with E-state index in [1.54, 1.807) is 28.4 Å². The van der Waals surface area contributed by atoms with Crippen molar-refractivity contribution in [3.63, 3.8) is 0 Å². The average Bonchev–Trinajstić information content (AvgIpc) is 2.88. The Bertz CT molecular complexity index is 897. The Labute approximate surface area is 205 Å². The molecule has 0 bridgehead atoms. The summed E-state index contributed by atoms with van der Waals surface area (Å²) >= 11 is 0. The van der Waals surface area contributed by atoms with E-state index in [0.29, 0.717) is 0 Å². The predicted molar refractivity (Wildman–Crippen MR) is 139 cm³/mol. The molecular formula is C28H42N2O4+2. The standard InChI is InChI=1S/C28H42N2O4/c1-29(25-9-7-23(31-3)19-27(25)33-5)15-11-21(12-16-29)22-13-17-30(2,18-14-22)26-10-8-24(32-4)20-28(26)34-6/h7-10,19-22H,11-18H2,1-6H3/q+2. The lowest BCUT2D eigenvalue weighted by molar-refractivity contribution is 0.117. The molecule has 34 heavy (non-hydrogen) atoms. The Morgan fingerprint density at radius 3 is 1.21 bits per heavy atom. The molecule has 0 saturated carbocycles. The minimum atomic E-state index is 0.807. The van der Waals surface area contributed by atoms with Crippen LogP contribution >= 0.6 is 0 Å². The van der Waals surface area contributed by atoms with Crippen LogP contribution in [0.2, 0.25) is 0 Å². The van der Waals surface area contributed by atoms with Crippen molar-refractivity contribution < 1.29 is 18.9 Å². The molecule has 0 spiro atoms. The number of benzene rings is 2. The number of methoxy groups -OCH3 is 4. The zero-order valence-corrected chi connectivity index (χ0v) is 21.8. The maximum Gasteiger partial charge on any atom is 0.183 e. The molecule has 2 aromatic carbocycles. The Kier molecular flexibility index (Phi) is 7.29. The molecule has 0 unspecified atom stereocenters. The topological polar surface area (TPSA) is 36.9 Å². The quantitative estimate of drug-likeness (QED) is 0.527. The van der Waals surface area contributed by atoms with E-state index in [2.05, 4.69) is 38.4 Å². The fraction of sp³-hybridized carbons (Fsp3) is 0.571. The summed E-state index contributed by atoms with van der Waals surface area (Å²) < 4.78 is 24.1. The first kappa shape index (κ1) is 24.7. The molecule has 0 atom stereocenters. The Balaban J connectivity index is 1.40. The highest BCUT2D eigenvalue weighted by Crippen LogP contribution is 2.44. The Morgan fingerprint density at radius 1 is 0.559 bits per heavy atom. The van der Waals surface area contributed by atoms with E-state index < -0.39 is 0 Å². The smallest absolute Gasteiger partial charge is 0.183 e. The van der Waals surface area contributed by atoms with Gasteiger partial charge in [0.2, 0.25) is 0 Å². The predicted octanol–water partition coefficient (Wildman–Crippen LogP) is 5.12. The summed E-state index contributed by atoms with van der Waals surface area (Å²) in [6, 6.07) is 12.5. The summed E-state index contributed by atoms with van der Waals surface area (Å²) in [7, 11) is 11.6. The van der Waals surface area contributed by atoms with Crippen LogP contribution in [-0.2, 0) is 0 Å². The summed E-state index contributed by atoms with van der Waals surface area (Å²) in [5, 5.41) is 0. The molecule has 6 nitrogen and oxygen atoms in total. The fourth-order valence-corrected chi connectivity index (χ4v) is 6.20. The van der Waals surface area contributed by atoms with Gasteiger partial charge in [0.1, 0.15) is 11.5 Å². The van der Waals surface area contributed by atoms with Crippen LogP contribution in [0.15, 0.2) is 36.4 Å². The van der Waals surface area contributed by atoms with E-state index in [9.17, 15) is 0 Å². The van der Waals surface area contributed by atoms with Gasteiger partial charge in [0.05, 0.1) is 68.7 Å². The lowest BCUT2D eigenvalue weighted by atomic mass is 9.77. The molecule has 4 rings (SSSR count). The molecule has 186 valence electrons. The largest absolute Gasteiger partial charge is 0.497 e. The van der Waals surface area contributed by atoms with Gasteiger partial charge in [-0.25, -0.2) is 0 Å². The summed E-state index contributed by atoms with van der Waals surface area (Å²) in [5.74, 6) is 5.17. The normalized spacial score (nSPS) is 29.4. The molecule has 2 saturated heterocycles. The van der Waals surface area contributed by atoms with Gasteiger partial charge < -0.3 is 18.9 Å². The van der Waals surface area contributed by atoms with Gasteiger partial charge in [-0.2, -0.15) is 0 Å². The molecular weight excluding hydrogens is 428 g/mol. The average molecular weight is 471 g/mol. The van der Waals surface area contributed by atoms with Crippen LogP contribution in [0.25, 0.3) is 0 Å². The molecule has 2 aliphatic heterocycles. The number of nitrogens with zero attached hydrogens (tertiary/aromatic N) is 2. The van der Waals surface area contributed by atoms with E-state index in [-0.39, 0.29) is 0 Å². The maximum absolute atomic E-state index is 5.73. The summed E-state index contributed by atoms with van der Waals surface area (Å²) in [6.45, 7) is 4.62. The monoisotopic (exact) mass is 470 g/mol. The van der Waals surface area contributed by atoms with Crippen molar-refractivity contribution in [2.75, 3.05) is 68.7 Å². The highest BCUT2D eigenvalue weighted by molar-refractivity contribution is 5.59. The third-order valence-electron chi connectivity index (χ3n) is 8.58. The molecule has 2 aromatic rings. The van der Waals surface area contributed by atoms with Gasteiger partial charge in [0.15, 0.2) is 22.9 Å². The molecule has 0 aliphatic carbocycles. The highest BCUT2D eigenvalue weighted by atomic mass is 16.5. The second kappa shape index (κ2) is 10.0. The van der Waals surface area contributed by atoms with E-state index in [1.165, 1.54) is 37.1 Å². The fourth-order valence-electron chi connectivity index (χ4n) is 6.20. The number of rotatable bonds is 7. The number of ether oxygens (including phenoxy) is 4. The first-order valence-electron chi connectivity index (χ1n) is 12.5. The van der Waals surface area contributed by atoms with Crippen molar-refractivity contribution >= 4 is 11.4 Å². The number of likely N-dealkylation sites (tertiary alicyclic amines) is 2. The second-order valence-electron chi connectivity index (χ2n) is 10.4. The molecule has 2 heterocycles. The zero-order valence-electron chi connectivity index (χ0n) is 21.8. The molecule has 2 fully saturated rings. The second-order valence-corrected chi connectivity index (χ2v) is 10.4. The summed E-state index contributed by atoms with van der Waals surface area (Å²) in [6.07, 6.45) is 5.08. The van der Waals surface area contributed by atoms with Crippen LogP contribution in [0.4, 0.5) is 11.4 Å². The first-order valence-corrected chi connectivity index (χ1v) is 12.5. The van der Waals surface area contributed by atoms with Crippen LogP contribution in [0.5, 0.6) is 23.0 Å². The van der Waals surface area contributed by atoms with Crippen molar-refractivity contribution in [2.24, 2.45) is 11.8 Å². The van der Waals surface area contributed by atoms with Gasteiger partial charge in [-0.05, 0) is 24.0 Å². The maximum atomic E-state index is 5.73. The number of quaternary nitrogens is 2. The number of piperidine rings is 2. The summed E-state index contributed by atoms with van der Waals surface area (Å²) in [5.41, 5.74) is 2.53. The molecule has 0 aromatic heterocycles. The zero-order chi connectivity index (χ0) is 24.3. The van der Waals surface area contributed by atoms with Gasteiger partial charge in [-0.3, -0.25) is 8.97 Å². The molecule has 0 radical (unpaired) electrons. The van der Waals surface area contributed by atoms with E-state index in [4.69, 9.17) is 18.9 Å². The van der Waals surface area contributed by atoms with Crippen LogP contribution in [0, 0.1) is 11.8 Å². The number of hydrogen-bond donors (Lipinski definition) is 0. The third-order valence-corrected chi connectivity index (χ3v) is 8.58. The van der Waals surface area contributed by atoms with Crippen LogP contribution < -0.4 is 27.9 Å². The molecule has 0 amide bonds. The van der Waals surface area contributed by atoms with Crippen LogP contribution in [-0.4, -0.2) is 68.7 Å². The van der Waals surface area contributed by atoms with Gasteiger partial charge >= 0.3 is 0 Å². The van der Waals surface area contributed by atoms with E-state index >= 15 is 0 Å². The SMILES string of the molecule is COc1ccc([N+]2(C)CCC(C3CC[N+](C)(c4ccc(OC)cc4OC)CC3)CC2)c(OC)c1. The van der Waals surface area contributed by atoms with E-state index in [1.807, 2.05) is 12.1 Å². The van der Waals surface area contributed by atoms with Gasteiger partial charge in [0.25, 0.3) is 0 Å². The first-order chi connectivity index (χ1) is 16.4. The third kappa shape index (κ3) is 4.71. The van der Waals surface area contributed by atoms with Crippen molar-refractivity contribution in [2.45, 2.75) is 25.7 Å². The lowest BCUT2D eigenvalue weighted by Crippen LogP contribution is -2.55. The van der Waals surface area contributed by atoms with Crippen LogP contribution in [0.1, 0.15) is 25.7 Å². The minimum Gasteiger partial charge on any atom is -0.497 e. The Morgan fingerprint density at radius 2 is 0.912 bits per heavy atom.